The third-order valence-electron chi connectivity index (χ3n) is 2.97. The average molecular weight is 240 g/mol. The summed E-state index contributed by atoms with van der Waals surface area (Å²) in [7, 11) is -1.68. The van der Waals surface area contributed by atoms with Crippen LogP contribution in [0.2, 0.25) is 18.1 Å². The van der Waals surface area contributed by atoms with Crippen LogP contribution in [0.1, 0.15) is 27.7 Å². The second-order valence-corrected chi connectivity index (χ2v) is 10.2. The molecule has 0 fully saturated rings. The van der Waals surface area contributed by atoms with E-state index in [9.17, 15) is 4.79 Å². The Hall–Kier alpha value is -0.673. The first kappa shape index (κ1) is 15.3. The predicted molar refractivity (Wildman–Crippen MR) is 72.1 cm³/mol. The third-order valence-corrected chi connectivity index (χ3v) is 7.54. The number of hydrogen-bond acceptors (Lipinski definition) is 2. The van der Waals surface area contributed by atoms with Crippen molar-refractivity contribution in [3.05, 3.63) is 24.3 Å². The lowest BCUT2D eigenvalue weighted by Gasteiger charge is -2.37. The van der Waals surface area contributed by atoms with Gasteiger partial charge in [0.1, 0.15) is 6.29 Å². The van der Waals surface area contributed by atoms with Crippen molar-refractivity contribution < 1.29 is 9.22 Å². The molecule has 0 unspecified atom stereocenters. The summed E-state index contributed by atoms with van der Waals surface area (Å²) < 4.78 is 6.11. The Morgan fingerprint density at radius 1 is 1.12 bits per heavy atom. The zero-order valence-corrected chi connectivity index (χ0v) is 12.3. The van der Waals surface area contributed by atoms with Gasteiger partial charge in [0.2, 0.25) is 0 Å². The number of allylic oxidation sites excluding steroid dienone is 3. The SMILES string of the molecule is C[C@H](/C=C/C=C/C=O)O[Si](C)(C)C(C)(C)C. The van der Waals surface area contributed by atoms with Gasteiger partial charge >= 0.3 is 0 Å². The van der Waals surface area contributed by atoms with Crippen LogP contribution in [0.15, 0.2) is 24.3 Å². The van der Waals surface area contributed by atoms with Crippen molar-refractivity contribution in [3.63, 3.8) is 0 Å². The van der Waals surface area contributed by atoms with Gasteiger partial charge in [-0.3, -0.25) is 4.79 Å². The maximum atomic E-state index is 10.1. The van der Waals surface area contributed by atoms with Gasteiger partial charge in [-0.05, 0) is 31.1 Å². The zero-order chi connectivity index (χ0) is 12.8. The fourth-order valence-corrected chi connectivity index (χ4v) is 2.37. The van der Waals surface area contributed by atoms with E-state index >= 15 is 0 Å². The molecule has 92 valence electrons. The smallest absolute Gasteiger partial charge is 0.192 e. The summed E-state index contributed by atoms with van der Waals surface area (Å²) in [5, 5.41) is 0.230. The summed E-state index contributed by atoms with van der Waals surface area (Å²) >= 11 is 0. The third kappa shape index (κ3) is 5.42. The lowest BCUT2D eigenvalue weighted by Crippen LogP contribution is -2.42. The molecule has 0 aromatic heterocycles. The molecule has 0 aliphatic heterocycles. The second-order valence-electron chi connectivity index (χ2n) is 5.49. The van der Waals surface area contributed by atoms with E-state index < -0.39 is 8.32 Å². The van der Waals surface area contributed by atoms with Crippen molar-refractivity contribution in [3.8, 4) is 0 Å². The molecule has 1 atom stereocenters. The van der Waals surface area contributed by atoms with E-state index in [1.165, 1.54) is 6.08 Å². The van der Waals surface area contributed by atoms with Gasteiger partial charge in [0.15, 0.2) is 8.32 Å². The molecule has 0 heterocycles. The highest BCUT2D eigenvalue weighted by molar-refractivity contribution is 6.74. The molecule has 0 aromatic carbocycles. The number of carbonyl (C=O) groups is 1. The van der Waals surface area contributed by atoms with Crippen LogP contribution >= 0.6 is 0 Å². The first-order valence-corrected chi connectivity index (χ1v) is 8.58. The average Bonchev–Trinajstić information content (AvgIpc) is 2.10. The second kappa shape index (κ2) is 6.16. The molecule has 0 aliphatic rings. The highest BCUT2D eigenvalue weighted by Crippen LogP contribution is 2.37. The van der Waals surface area contributed by atoms with Crippen LogP contribution in [0, 0.1) is 0 Å². The van der Waals surface area contributed by atoms with Crippen LogP contribution in [0.3, 0.4) is 0 Å². The largest absolute Gasteiger partial charge is 0.411 e. The first-order chi connectivity index (χ1) is 7.20. The molecule has 0 radical (unpaired) electrons. The van der Waals surface area contributed by atoms with E-state index in [0.717, 1.165) is 6.29 Å². The number of carbonyl (C=O) groups excluding carboxylic acids is 1. The Bertz CT molecular complexity index is 272. The van der Waals surface area contributed by atoms with Gasteiger partial charge in [-0.25, -0.2) is 0 Å². The van der Waals surface area contributed by atoms with Gasteiger partial charge in [-0.1, -0.05) is 39.0 Å². The van der Waals surface area contributed by atoms with E-state index in [2.05, 4.69) is 33.9 Å². The standard InChI is InChI=1S/C13H24O2Si/c1-12(10-8-7-9-11-14)15-16(5,6)13(2,3)4/h7-12H,1-6H3/b9-7+,10-8+/t12-/m1/s1. The monoisotopic (exact) mass is 240 g/mol. The number of aldehydes is 1. The van der Waals surface area contributed by atoms with Crippen molar-refractivity contribution in [2.45, 2.75) is 51.9 Å². The molecule has 0 rings (SSSR count). The van der Waals surface area contributed by atoms with Gasteiger partial charge in [0, 0.05) is 0 Å². The zero-order valence-electron chi connectivity index (χ0n) is 11.3. The van der Waals surface area contributed by atoms with Crippen LogP contribution in [0.4, 0.5) is 0 Å². The van der Waals surface area contributed by atoms with Gasteiger partial charge in [-0.15, -0.1) is 0 Å². The van der Waals surface area contributed by atoms with Crippen molar-refractivity contribution in [2.75, 3.05) is 0 Å². The lowest BCUT2D eigenvalue weighted by molar-refractivity contribution is -0.104. The van der Waals surface area contributed by atoms with Gasteiger partial charge in [0.25, 0.3) is 0 Å². The minimum Gasteiger partial charge on any atom is -0.411 e. The van der Waals surface area contributed by atoms with Crippen LogP contribution in [0.5, 0.6) is 0 Å². The topological polar surface area (TPSA) is 26.3 Å². The van der Waals surface area contributed by atoms with Crippen molar-refractivity contribution >= 4 is 14.6 Å². The Morgan fingerprint density at radius 3 is 2.12 bits per heavy atom. The van der Waals surface area contributed by atoms with E-state index in [0.29, 0.717) is 0 Å². The molecular weight excluding hydrogens is 216 g/mol. The van der Waals surface area contributed by atoms with E-state index in [1.807, 2.05) is 19.1 Å². The minimum absolute atomic E-state index is 0.0946. The quantitative estimate of drug-likeness (QED) is 0.317. The fraction of sp³-hybridized carbons (Fsp3) is 0.615. The molecule has 0 aromatic rings. The maximum absolute atomic E-state index is 10.1. The summed E-state index contributed by atoms with van der Waals surface area (Å²) in [6.45, 7) is 13.2. The Balaban J connectivity index is 4.34. The summed E-state index contributed by atoms with van der Waals surface area (Å²) in [6, 6.07) is 0. The number of rotatable bonds is 5. The van der Waals surface area contributed by atoms with E-state index in [-0.39, 0.29) is 11.1 Å². The Labute approximate surface area is 101 Å². The van der Waals surface area contributed by atoms with Crippen LogP contribution in [-0.4, -0.2) is 20.7 Å². The predicted octanol–water partition coefficient (Wildman–Crippen LogP) is 3.71. The Morgan fingerprint density at radius 2 is 1.69 bits per heavy atom. The first-order valence-electron chi connectivity index (χ1n) is 5.67. The summed E-state index contributed by atoms with van der Waals surface area (Å²) in [6.07, 6.45) is 7.88. The molecule has 2 nitrogen and oxygen atoms in total. The summed E-state index contributed by atoms with van der Waals surface area (Å²) in [4.78, 5) is 10.1. The van der Waals surface area contributed by atoms with Gasteiger partial charge in [-0.2, -0.15) is 0 Å². The summed E-state index contributed by atoms with van der Waals surface area (Å²) in [5.74, 6) is 0. The van der Waals surface area contributed by atoms with Crippen LogP contribution < -0.4 is 0 Å². The molecule has 16 heavy (non-hydrogen) atoms. The maximum Gasteiger partial charge on any atom is 0.192 e. The van der Waals surface area contributed by atoms with Crippen LogP contribution in [-0.2, 0) is 9.22 Å². The van der Waals surface area contributed by atoms with Crippen molar-refractivity contribution in [1.29, 1.82) is 0 Å². The molecular formula is C13H24O2Si. The van der Waals surface area contributed by atoms with Gasteiger partial charge in [0.05, 0.1) is 6.10 Å². The van der Waals surface area contributed by atoms with E-state index in [4.69, 9.17) is 4.43 Å². The van der Waals surface area contributed by atoms with E-state index in [1.54, 1.807) is 6.08 Å². The number of hydrogen-bond donors (Lipinski definition) is 0. The molecule has 0 N–H and O–H groups in total. The van der Waals surface area contributed by atoms with Crippen LogP contribution in [0.25, 0.3) is 0 Å². The molecule has 0 spiro atoms. The molecule has 0 aliphatic carbocycles. The minimum atomic E-state index is -1.68. The Kier molecular flexibility index (Phi) is 5.90. The lowest BCUT2D eigenvalue weighted by atomic mass is 10.2. The normalized spacial score (nSPS) is 15.9. The summed E-state index contributed by atoms with van der Waals surface area (Å²) in [5.41, 5.74) is 0. The highest BCUT2D eigenvalue weighted by Gasteiger charge is 2.37. The van der Waals surface area contributed by atoms with Crippen molar-refractivity contribution in [2.24, 2.45) is 0 Å². The molecule has 0 saturated carbocycles. The fourth-order valence-electron chi connectivity index (χ4n) is 1.01. The highest BCUT2D eigenvalue weighted by atomic mass is 28.4. The molecule has 3 heteroatoms. The molecule has 0 saturated heterocycles. The molecule has 0 amide bonds. The van der Waals surface area contributed by atoms with Crippen molar-refractivity contribution in [1.82, 2.24) is 0 Å². The van der Waals surface area contributed by atoms with Gasteiger partial charge < -0.3 is 4.43 Å². The molecule has 0 bridgehead atoms.